The molecule has 36 heavy (non-hydrogen) atoms. The van der Waals surface area contributed by atoms with E-state index in [1.54, 1.807) is 0 Å². The Morgan fingerprint density at radius 2 is 1.56 bits per heavy atom. The third-order valence-corrected chi connectivity index (χ3v) is 6.93. The summed E-state index contributed by atoms with van der Waals surface area (Å²) in [5.74, 6) is 2.73. The molecule has 3 atom stereocenters. The molecule has 2 aromatic rings. The van der Waals surface area contributed by atoms with Gasteiger partial charge in [0.15, 0.2) is 0 Å². The summed E-state index contributed by atoms with van der Waals surface area (Å²) < 4.78 is 33.6. The summed E-state index contributed by atoms with van der Waals surface area (Å²) in [6.45, 7) is 6.65. The molecule has 1 saturated carbocycles. The SMILES string of the molecule is Cc1cc(OC(C)CC(=O)OC2CCC(c3ccc(OCC4CO4)cc3)CC2)ccc1OCC1CO1. The summed E-state index contributed by atoms with van der Waals surface area (Å²) >= 11 is 0. The van der Waals surface area contributed by atoms with Crippen molar-refractivity contribution >= 4 is 5.97 Å². The largest absolute Gasteiger partial charge is 0.491 e. The molecule has 5 rings (SSSR count). The van der Waals surface area contributed by atoms with E-state index in [1.165, 1.54) is 5.56 Å². The van der Waals surface area contributed by atoms with Gasteiger partial charge in [-0.05, 0) is 86.9 Å². The van der Waals surface area contributed by atoms with Crippen LogP contribution in [0.1, 0.15) is 56.1 Å². The monoisotopic (exact) mass is 496 g/mol. The number of hydrogen-bond donors (Lipinski definition) is 0. The van der Waals surface area contributed by atoms with Gasteiger partial charge in [0.25, 0.3) is 0 Å². The number of hydrogen-bond acceptors (Lipinski definition) is 7. The number of rotatable bonds is 12. The zero-order chi connectivity index (χ0) is 24.9. The van der Waals surface area contributed by atoms with Crippen LogP contribution < -0.4 is 14.2 Å². The lowest BCUT2D eigenvalue weighted by atomic mass is 9.83. The molecule has 0 N–H and O–H groups in total. The van der Waals surface area contributed by atoms with E-state index in [4.69, 9.17) is 28.4 Å². The molecule has 7 heteroatoms. The number of aryl methyl sites for hydroxylation is 1. The van der Waals surface area contributed by atoms with Crippen molar-refractivity contribution in [3.05, 3.63) is 53.6 Å². The smallest absolute Gasteiger partial charge is 0.309 e. The topological polar surface area (TPSA) is 79.1 Å². The van der Waals surface area contributed by atoms with Crippen LogP contribution in [0.4, 0.5) is 0 Å². The van der Waals surface area contributed by atoms with E-state index in [0.717, 1.165) is 61.7 Å². The lowest BCUT2D eigenvalue weighted by molar-refractivity contribution is -0.152. The third kappa shape index (κ3) is 7.37. The highest BCUT2D eigenvalue weighted by Gasteiger charge is 2.27. The number of epoxide rings is 2. The molecule has 7 nitrogen and oxygen atoms in total. The standard InChI is InChI=1S/C29H36O7/c1-19-13-25(11-12-28(19)34-18-27-17-33-27)35-20(2)14-29(30)36-24-9-5-22(6-10-24)21-3-7-23(8-4-21)31-15-26-16-32-26/h3-4,7-8,11-13,20,22,24,26-27H,5-6,9-10,14-18H2,1-2H3. The number of carbonyl (C=O) groups excluding carboxylic acids is 1. The van der Waals surface area contributed by atoms with Crippen molar-refractivity contribution in [2.45, 2.75) is 76.3 Å². The molecule has 3 unspecified atom stereocenters. The molecule has 2 aliphatic heterocycles. The van der Waals surface area contributed by atoms with Crippen molar-refractivity contribution in [2.24, 2.45) is 0 Å². The first-order valence-corrected chi connectivity index (χ1v) is 13.1. The van der Waals surface area contributed by atoms with E-state index in [1.807, 2.05) is 44.2 Å². The average molecular weight is 497 g/mol. The number of esters is 1. The van der Waals surface area contributed by atoms with E-state index in [2.05, 4.69) is 12.1 Å². The van der Waals surface area contributed by atoms with Crippen LogP contribution in [0.2, 0.25) is 0 Å². The fourth-order valence-electron chi connectivity index (χ4n) is 4.65. The molecular weight excluding hydrogens is 460 g/mol. The Balaban J connectivity index is 1.01. The molecule has 0 amide bonds. The van der Waals surface area contributed by atoms with E-state index < -0.39 is 0 Å². The molecule has 0 radical (unpaired) electrons. The Morgan fingerprint density at radius 1 is 0.917 bits per heavy atom. The lowest BCUT2D eigenvalue weighted by Crippen LogP contribution is -2.26. The first-order chi connectivity index (χ1) is 17.5. The highest BCUT2D eigenvalue weighted by molar-refractivity contribution is 5.70. The normalized spacial score (nSPS) is 25.5. The first-order valence-electron chi connectivity index (χ1n) is 13.1. The van der Waals surface area contributed by atoms with Crippen LogP contribution >= 0.6 is 0 Å². The van der Waals surface area contributed by atoms with Crippen LogP contribution in [0.3, 0.4) is 0 Å². The fraction of sp³-hybridized carbons (Fsp3) is 0.552. The molecule has 194 valence electrons. The molecule has 0 spiro atoms. The summed E-state index contributed by atoms with van der Waals surface area (Å²) in [6.07, 6.45) is 4.22. The van der Waals surface area contributed by atoms with Crippen LogP contribution in [0.5, 0.6) is 17.2 Å². The Morgan fingerprint density at radius 3 is 2.19 bits per heavy atom. The van der Waals surface area contributed by atoms with Gasteiger partial charge in [-0.2, -0.15) is 0 Å². The minimum Gasteiger partial charge on any atom is -0.491 e. The van der Waals surface area contributed by atoms with E-state index in [9.17, 15) is 4.79 Å². The predicted octanol–water partition coefficient (Wildman–Crippen LogP) is 4.98. The first kappa shape index (κ1) is 24.9. The summed E-state index contributed by atoms with van der Waals surface area (Å²) in [7, 11) is 0. The maximum absolute atomic E-state index is 12.5. The van der Waals surface area contributed by atoms with E-state index in [0.29, 0.717) is 19.1 Å². The van der Waals surface area contributed by atoms with E-state index in [-0.39, 0.29) is 36.8 Å². The quantitative estimate of drug-likeness (QED) is 0.303. The maximum Gasteiger partial charge on any atom is 0.309 e. The minimum atomic E-state index is -0.271. The summed E-state index contributed by atoms with van der Waals surface area (Å²) in [5, 5.41) is 0. The number of ether oxygens (including phenoxy) is 6. The predicted molar refractivity (Wildman–Crippen MR) is 134 cm³/mol. The van der Waals surface area contributed by atoms with Gasteiger partial charge in [0.05, 0.1) is 19.6 Å². The average Bonchev–Trinajstić information content (AvgIpc) is 3.79. The Bertz CT molecular complexity index is 1000. The number of carbonyl (C=O) groups is 1. The minimum absolute atomic E-state index is 0.0174. The van der Waals surface area contributed by atoms with Gasteiger partial charge in [0, 0.05) is 0 Å². The van der Waals surface area contributed by atoms with Crippen molar-refractivity contribution in [3.8, 4) is 17.2 Å². The molecule has 2 aromatic carbocycles. The lowest BCUT2D eigenvalue weighted by Gasteiger charge is -2.29. The maximum atomic E-state index is 12.5. The van der Waals surface area contributed by atoms with Gasteiger partial charge in [0.2, 0.25) is 0 Å². The molecule has 2 saturated heterocycles. The third-order valence-electron chi connectivity index (χ3n) is 6.93. The second-order valence-electron chi connectivity index (χ2n) is 10.1. The summed E-state index contributed by atoms with van der Waals surface area (Å²) in [6, 6.07) is 14.1. The molecule has 3 fully saturated rings. The van der Waals surface area contributed by atoms with Crippen LogP contribution in [0.15, 0.2) is 42.5 Å². The molecule has 3 aliphatic rings. The summed E-state index contributed by atoms with van der Waals surface area (Å²) in [4.78, 5) is 12.5. The van der Waals surface area contributed by atoms with Crippen LogP contribution in [0.25, 0.3) is 0 Å². The molecule has 1 aliphatic carbocycles. The molecule has 0 bridgehead atoms. The van der Waals surface area contributed by atoms with Gasteiger partial charge in [-0.25, -0.2) is 0 Å². The van der Waals surface area contributed by atoms with Crippen LogP contribution in [0, 0.1) is 6.92 Å². The van der Waals surface area contributed by atoms with Gasteiger partial charge >= 0.3 is 5.97 Å². The van der Waals surface area contributed by atoms with Gasteiger partial charge in [-0.3, -0.25) is 4.79 Å². The zero-order valence-corrected chi connectivity index (χ0v) is 21.1. The van der Waals surface area contributed by atoms with Crippen LogP contribution in [-0.4, -0.2) is 56.8 Å². The molecular formula is C29H36O7. The Kier molecular flexibility index (Phi) is 7.97. The second kappa shape index (κ2) is 11.5. The van der Waals surface area contributed by atoms with Crippen molar-refractivity contribution in [3.63, 3.8) is 0 Å². The van der Waals surface area contributed by atoms with Crippen molar-refractivity contribution in [1.29, 1.82) is 0 Å². The van der Waals surface area contributed by atoms with Gasteiger partial charge in [-0.15, -0.1) is 0 Å². The highest BCUT2D eigenvalue weighted by atomic mass is 16.6. The fourth-order valence-corrected chi connectivity index (χ4v) is 4.65. The Labute approximate surface area is 213 Å². The van der Waals surface area contributed by atoms with Gasteiger partial charge in [0.1, 0.15) is 54.9 Å². The second-order valence-corrected chi connectivity index (χ2v) is 10.1. The number of benzene rings is 2. The molecule has 0 aromatic heterocycles. The summed E-state index contributed by atoms with van der Waals surface area (Å²) in [5.41, 5.74) is 2.32. The highest BCUT2D eigenvalue weighted by Crippen LogP contribution is 2.35. The van der Waals surface area contributed by atoms with Crippen LogP contribution in [-0.2, 0) is 19.0 Å². The van der Waals surface area contributed by atoms with Gasteiger partial charge < -0.3 is 28.4 Å². The van der Waals surface area contributed by atoms with Crippen molar-refractivity contribution in [2.75, 3.05) is 26.4 Å². The molecule has 2 heterocycles. The zero-order valence-electron chi connectivity index (χ0n) is 21.1. The Hall–Kier alpha value is -2.77. The van der Waals surface area contributed by atoms with E-state index >= 15 is 0 Å². The van der Waals surface area contributed by atoms with Gasteiger partial charge in [-0.1, -0.05) is 12.1 Å². The van der Waals surface area contributed by atoms with Crippen molar-refractivity contribution in [1.82, 2.24) is 0 Å². The van der Waals surface area contributed by atoms with Crippen molar-refractivity contribution < 1.29 is 33.2 Å².